The van der Waals surface area contributed by atoms with Crippen LogP contribution in [0.1, 0.15) is 15.9 Å². The van der Waals surface area contributed by atoms with Gasteiger partial charge in [0.1, 0.15) is 0 Å². The lowest BCUT2D eigenvalue weighted by atomic mass is 10.2. The van der Waals surface area contributed by atoms with Crippen LogP contribution in [0.4, 0.5) is 5.69 Å². The van der Waals surface area contributed by atoms with Crippen molar-refractivity contribution in [3.05, 3.63) is 69.7 Å². The maximum absolute atomic E-state index is 11.8. The van der Waals surface area contributed by atoms with Gasteiger partial charge in [0.15, 0.2) is 6.61 Å². The second-order valence-electron chi connectivity index (χ2n) is 5.10. The molecule has 2 amide bonds. The number of esters is 1. The average molecular weight is 393 g/mol. The Morgan fingerprint density at radius 3 is 2.38 bits per heavy atom. The predicted octanol–water partition coefficient (Wildman–Crippen LogP) is 3.29. The fraction of sp³-hybridized carbons (Fsp3) is 0.0556. The molecule has 0 aromatic heterocycles. The molecule has 0 aliphatic carbocycles. The Kier molecular flexibility index (Phi) is 6.77. The normalized spacial score (nSPS) is 10.5. The number of benzene rings is 2. The van der Waals surface area contributed by atoms with Crippen LogP contribution in [0.3, 0.4) is 0 Å². The maximum atomic E-state index is 11.8. The molecule has 2 aromatic carbocycles. The molecule has 0 saturated carbocycles. The minimum atomic E-state index is -0.699. The minimum absolute atomic E-state index is 0.320. The third-order valence-corrected chi connectivity index (χ3v) is 3.72. The zero-order valence-electron chi connectivity index (χ0n) is 13.4. The summed E-state index contributed by atoms with van der Waals surface area (Å²) in [6.07, 6.45) is 2.62. The largest absolute Gasteiger partial charge is 0.452 e. The van der Waals surface area contributed by atoms with Crippen LogP contribution in [0.5, 0.6) is 0 Å². The highest BCUT2D eigenvalue weighted by atomic mass is 35.5. The van der Waals surface area contributed by atoms with Crippen LogP contribution in [0.25, 0.3) is 6.08 Å². The number of carbonyl (C=O) groups excluding carboxylic acids is 3. The van der Waals surface area contributed by atoms with Crippen molar-refractivity contribution in [1.82, 2.24) is 0 Å². The summed E-state index contributed by atoms with van der Waals surface area (Å²) in [4.78, 5) is 34.4. The molecule has 3 N–H and O–H groups in total. The van der Waals surface area contributed by atoms with Gasteiger partial charge in [0.2, 0.25) is 5.91 Å². The maximum Gasteiger partial charge on any atom is 0.331 e. The van der Waals surface area contributed by atoms with Crippen molar-refractivity contribution in [3.63, 3.8) is 0 Å². The number of rotatable bonds is 6. The first-order valence-electron chi connectivity index (χ1n) is 7.35. The van der Waals surface area contributed by atoms with Gasteiger partial charge in [0, 0.05) is 27.4 Å². The number of primary amides is 1. The number of amides is 2. The smallest absolute Gasteiger partial charge is 0.331 e. The third-order valence-electron chi connectivity index (χ3n) is 3.16. The van der Waals surface area contributed by atoms with Crippen molar-refractivity contribution in [2.24, 2.45) is 5.73 Å². The Balaban J connectivity index is 1.83. The summed E-state index contributed by atoms with van der Waals surface area (Å²) in [7, 11) is 0. The van der Waals surface area contributed by atoms with Crippen LogP contribution < -0.4 is 11.1 Å². The quantitative estimate of drug-likeness (QED) is 0.581. The van der Waals surface area contributed by atoms with E-state index >= 15 is 0 Å². The van der Waals surface area contributed by atoms with Crippen LogP contribution in [0.2, 0.25) is 10.0 Å². The molecule has 134 valence electrons. The van der Waals surface area contributed by atoms with E-state index in [0.717, 1.165) is 6.08 Å². The fourth-order valence-corrected chi connectivity index (χ4v) is 2.37. The Labute approximate surface area is 159 Å². The monoisotopic (exact) mass is 392 g/mol. The van der Waals surface area contributed by atoms with Crippen molar-refractivity contribution in [2.45, 2.75) is 0 Å². The summed E-state index contributed by atoms with van der Waals surface area (Å²) in [5.41, 5.74) is 6.48. The summed E-state index contributed by atoms with van der Waals surface area (Å²) in [6, 6.07) is 10.8. The van der Waals surface area contributed by atoms with E-state index in [2.05, 4.69) is 5.32 Å². The molecule has 0 fully saturated rings. The zero-order chi connectivity index (χ0) is 19.1. The molecular weight excluding hydrogens is 379 g/mol. The molecule has 0 spiro atoms. The summed E-state index contributed by atoms with van der Waals surface area (Å²) < 4.78 is 4.84. The molecule has 0 saturated heterocycles. The van der Waals surface area contributed by atoms with Crippen molar-refractivity contribution < 1.29 is 19.1 Å². The third kappa shape index (κ3) is 5.91. The summed E-state index contributed by atoms with van der Waals surface area (Å²) in [5, 5.41) is 3.39. The van der Waals surface area contributed by atoms with Gasteiger partial charge in [-0.05, 0) is 48.0 Å². The van der Waals surface area contributed by atoms with E-state index in [0.29, 0.717) is 26.9 Å². The zero-order valence-corrected chi connectivity index (χ0v) is 14.9. The Morgan fingerprint density at radius 2 is 1.77 bits per heavy atom. The highest BCUT2D eigenvalue weighted by Gasteiger charge is 2.07. The molecule has 0 radical (unpaired) electrons. The van der Waals surface area contributed by atoms with Crippen LogP contribution >= 0.6 is 23.2 Å². The second kappa shape index (κ2) is 9.03. The molecule has 0 heterocycles. The van der Waals surface area contributed by atoms with E-state index in [1.807, 2.05) is 0 Å². The van der Waals surface area contributed by atoms with Gasteiger partial charge < -0.3 is 15.8 Å². The lowest BCUT2D eigenvalue weighted by Gasteiger charge is -2.06. The van der Waals surface area contributed by atoms with Crippen LogP contribution in [-0.4, -0.2) is 24.4 Å². The van der Waals surface area contributed by atoms with E-state index in [1.165, 1.54) is 30.3 Å². The van der Waals surface area contributed by atoms with Gasteiger partial charge in [0.05, 0.1) is 0 Å². The fourth-order valence-electron chi connectivity index (χ4n) is 1.89. The number of nitrogens with one attached hydrogen (secondary N) is 1. The first-order valence-corrected chi connectivity index (χ1v) is 8.10. The molecule has 0 atom stereocenters. The summed E-state index contributed by atoms with van der Waals surface area (Å²) >= 11 is 11.8. The van der Waals surface area contributed by atoms with Crippen LogP contribution in [0.15, 0.2) is 48.5 Å². The van der Waals surface area contributed by atoms with E-state index in [-0.39, 0.29) is 0 Å². The average Bonchev–Trinajstić information content (AvgIpc) is 2.59. The number of carbonyl (C=O) groups is 3. The standard InChI is InChI=1S/C18H14Cl2N2O4/c19-13-5-1-11(15(20)9-13)4-8-17(24)26-10-16(23)22-14-6-2-12(3-7-14)18(21)25/h1-9H,10H2,(H2,21,25)(H,22,23)/b8-4+. The predicted molar refractivity (Wildman–Crippen MR) is 100 cm³/mol. The molecule has 2 aromatic rings. The number of hydrogen-bond acceptors (Lipinski definition) is 4. The van der Waals surface area contributed by atoms with Gasteiger partial charge in [-0.15, -0.1) is 0 Å². The molecule has 26 heavy (non-hydrogen) atoms. The molecule has 8 heteroatoms. The molecule has 6 nitrogen and oxygen atoms in total. The van der Waals surface area contributed by atoms with Gasteiger partial charge >= 0.3 is 5.97 Å². The van der Waals surface area contributed by atoms with Crippen molar-refractivity contribution in [1.29, 1.82) is 0 Å². The first-order chi connectivity index (χ1) is 12.3. The second-order valence-corrected chi connectivity index (χ2v) is 5.94. The number of ether oxygens (including phenoxy) is 1. The van der Waals surface area contributed by atoms with Crippen molar-refractivity contribution in [3.8, 4) is 0 Å². The minimum Gasteiger partial charge on any atom is -0.452 e. The summed E-state index contributed by atoms with van der Waals surface area (Å²) in [6.45, 7) is -0.463. The van der Waals surface area contributed by atoms with E-state index in [1.54, 1.807) is 18.2 Å². The van der Waals surface area contributed by atoms with Gasteiger partial charge in [-0.3, -0.25) is 9.59 Å². The number of anilines is 1. The van der Waals surface area contributed by atoms with Gasteiger partial charge in [-0.25, -0.2) is 4.79 Å². The topological polar surface area (TPSA) is 98.5 Å². The summed E-state index contributed by atoms with van der Waals surface area (Å²) in [5.74, 6) is -1.79. The lowest BCUT2D eigenvalue weighted by Crippen LogP contribution is -2.20. The Bertz CT molecular complexity index is 864. The van der Waals surface area contributed by atoms with Crippen LogP contribution in [0, 0.1) is 0 Å². The van der Waals surface area contributed by atoms with E-state index in [4.69, 9.17) is 33.7 Å². The Hall–Kier alpha value is -2.83. The van der Waals surface area contributed by atoms with Gasteiger partial charge in [0.25, 0.3) is 5.91 Å². The highest BCUT2D eigenvalue weighted by Crippen LogP contribution is 2.21. The number of nitrogens with two attached hydrogens (primary N) is 1. The highest BCUT2D eigenvalue weighted by molar-refractivity contribution is 6.35. The lowest BCUT2D eigenvalue weighted by molar-refractivity contribution is -0.142. The Morgan fingerprint density at radius 1 is 1.08 bits per heavy atom. The van der Waals surface area contributed by atoms with Gasteiger partial charge in [-0.2, -0.15) is 0 Å². The number of halogens is 2. The molecule has 2 rings (SSSR count). The van der Waals surface area contributed by atoms with E-state index in [9.17, 15) is 14.4 Å². The molecule has 0 aliphatic rings. The van der Waals surface area contributed by atoms with Gasteiger partial charge in [-0.1, -0.05) is 29.3 Å². The van der Waals surface area contributed by atoms with Crippen molar-refractivity contribution in [2.75, 3.05) is 11.9 Å². The molecule has 0 bridgehead atoms. The molecule has 0 unspecified atom stereocenters. The van der Waals surface area contributed by atoms with Crippen molar-refractivity contribution >= 4 is 52.7 Å². The number of hydrogen-bond donors (Lipinski definition) is 2. The molecular formula is C18H14Cl2N2O4. The first kappa shape index (κ1) is 19.5. The van der Waals surface area contributed by atoms with E-state index < -0.39 is 24.4 Å². The SMILES string of the molecule is NC(=O)c1ccc(NC(=O)COC(=O)/C=C/c2ccc(Cl)cc2Cl)cc1. The van der Waals surface area contributed by atoms with Crippen LogP contribution in [-0.2, 0) is 14.3 Å². The molecule has 0 aliphatic heterocycles.